The van der Waals surface area contributed by atoms with Gasteiger partial charge in [-0.1, -0.05) is 0 Å². The average Bonchev–Trinajstić information content (AvgIpc) is 2.68. The molecule has 0 spiro atoms. The molecule has 0 aromatic carbocycles. The van der Waals surface area contributed by atoms with E-state index in [-0.39, 0.29) is 6.10 Å². The van der Waals surface area contributed by atoms with Crippen molar-refractivity contribution in [3.8, 4) is 0 Å². The lowest BCUT2D eigenvalue weighted by molar-refractivity contribution is 0.0697. The van der Waals surface area contributed by atoms with Crippen molar-refractivity contribution in [2.45, 2.75) is 38.3 Å². The average molecular weight is 210 g/mol. The van der Waals surface area contributed by atoms with Crippen LogP contribution in [0.15, 0.2) is 0 Å². The Balaban J connectivity index is 2.14. The molecule has 1 aliphatic rings. The van der Waals surface area contributed by atoms with E-state index < -0.39 is 0 Å². The lowest BCUT2D eigenvalue weighted by Gasteiger charge is -2.20. The van der Waals surface area contributed by atoms with Crippen molar-refractivity contribution >= 4 is 0 Å². The van der Waals surface area contributed by atoms with Gasteiger partial charge in [0.25, 0.3) is 0 Å². The van der Waals surface area contributed by atoms with Gasteiger partial charge in [0, 0.05) is 20.1 Å². The highest BCUT2D eigenvalue weighted by atomic mass is 16.5. The Hall–Kier alpha value is -0.940. The predicted octanol–water partition coefficient (Wildman–Crippen LogP) is 0.651. The van der Waals surface area contributed by atoms with E-state index in [0.717, 1.165) is 43.9 Å². The molecule has 1 aromatic heterocycles. The third kappa shape index (κ3) is 2.18. The highest BCUT2D eigenvalue weighted by Gasteiger charge is 2.23. The maximum Gasteiger partial charge on any atom is 0.156 e. The molecule has 0 saturated carbocycles. The van der Waals surface area contributed by atoms with Crippen LogP contribution in [0, 0.1) is 0 Å². The van der Waals surface area contributed by atoms with Crippen LogP contribution in [0.5, 0.6) is 0 Å². The summed E-state index contributed by atoms with van der Waals surface area (Å²) in [4.78, 5) is 4.51. The van der Waals surface area contributed by atoms with Gasteiger partial charge < -0.3 is 10.5 Å². The van der Waals surface area contributed by atoms with Gasteiger partial charge in [0.15, 0.2) is 11.6 Å². The summed E-state index contributed by atoms with van der Waals surface area (Å²) in [5.74, 6) is 1.88. The minimum absolute atomic E-state index is 0.123. The monoisotopic (exact) mass is 210 g/mol. The number of aryl methyl sites for hydroxylation is 2. The fraction of sp³-hybridized carbons (Fsp3) is 0.800. The maximum absolute atomic E-state index is 5.46. The first-order chi connectivity index (χ1) is 7.35. The minimum Gasteiger partial charge on any atom is -0.373 e. The van der Waals surface area contributed by atoms with E-state index in [2.05, 4.69) is 10.1 Å². The second-order valence-corrected chi connectivity index (χ2v) is 3.87. The number of hydrogen-bond acceptors (Lipinski definition) is 4. The maximum atomic E-state index is 5.46. The molecule has 1 unspecified atom stereocenters. The van der Waals surface area contributed by atoms with E-state index in [0.29, 0.717) is 6.54 Å². The van der Waals surface area contributed by atoms with Crippen LogP contribution in [0.1, 0.15) is 37.0 Å². The van der Waals surface area contributed by atoms with Crippen molar-refractivity contribution in [3.63, 3.8) is 0 Å². The van der Waals surface area contributed by atoms with Crippen LogP contribution in [0.3, 0.4) is 0 Å². The van der Waals surface area contributed by atoms with Gasteiger partial charge in [-0.05, 0) is 25.8 Å². The Kier molecular flexibility index (Phi) is 3.33. The van der Waals surface area contributed by atoms with Crippen molar-refractivity contribution < 1.29 is 4.74 Å². The van der Waals surface area contributed by atoms with Gasteiger partial charge in [0.2, 0.25) is 0 Å². The summed E-state index contributed by atoms with van der Waals surface area (Å²) < 4.78 is 7.36. The summed E-state index contributed by atoms with van der Waals surface area (Å²) in [7, 11) is 1.73. The van der Waals surface area contributed by atoms with Gasteiger partial charge in [0.05, 0.1) is 0 Å². The minimum atomic E-state index is 0.123. The number of fused-ring (bicyclic) bond motifs is 1. The SMILES string of the molecule is COC1CCCn2nc(CCCN)nc21. The topological polar surface area (TPSA) is 66.0 Å². The molecule has 5 heteroatoms. The molecular formula is C10H18N4O. The smallest absolute Gasteiger partial charge is 0.156 e. The van der Waals surface area contributed by atoms with Crippen LogP contribution in [-0.2, 0) is 17.7 Å². The lowest BCUT2D eigenvalue weighted by atomic mass is 10.1. The Labute approximate surface area is 89.6 Å². The van der Waals surface area contributed by atoms with E-state index in [1.54, 1.807) is 7.11 Å². The molecule has 1 aromatic rings. The largest absolute Gasteiger partial charge is 0.373 e. The fourth-order valence-corrected chi connectivity index (χ4v) is 1.95. The number of aromatic nitrogens is 3. The quantitative estimate of drug-likeness (QED) is 0.792. The van der Waals surface area contributed by atoms with Crippen molar-refractivity contribution in [3.05, 3.63) is 11.6 Å². The van der Waals surface area contributed by atoms with Crippen molar-refractivity contribution in [1.82, 2.24) is 14.8 Å². The first-order valence-corrected chi connectivity index (χ1v) is 5.51. The number of rotatable bonds is 4. The highest BCUT2D eigenvalue weighted by Crippen LogP contribution is 2.25. The fourth-order valence-electron chi connectivity index (χ4n) is 1.95. The van der Waals surface area contributed by atoms with Gasteiger partial charge in [0.1, 0.15) is 6.10 Å². The second kappa shape index (κ2) is 4.72. The third-order valence-corrected chi connectivity index (χ3v) is 2.76. The summed E-state index contributed by atoms with van der Waals surface area (Å²) in [6, 6.07) is 0. The van der Waals surface area contributed by atoms with Crippen LogP contribution in [0.2, 0.25) is 0 Å². The zero-order valence-corrected chi connectivity index (χ0v) is 9.15. The number of methoxy groups -OCH3 is 1. The van der Waals surface area contributed by atoms with Gasteiger partial charge in [-0.25, -0.2) is 9.67 Å². The molecule has 0 bridgehead atoms. The van der Waals surface area contributed by atoms with E-state index in [1.165, 1.54) is 0 Å². The standard InChI is InChI=1S/C10H18N4O/c1-15-8-4-3-7-14-10(8)12-9(13-14)5-2-6-11/h8H,2-7,11H2,1H3. The Bertz CT molecular complexity index is 323. The molecule has 1 atom stereocenters. The molecule has 0 amide bonds. The molecule has 1 aliphatic heterocycles. The molecule has 2 N–H and O–H groups in total. The molecule has 0 radical (unpaired) electrons. The van der Waals surface area contributed by atoms with Gasteiger partial charge >= 0.3 is 0 Å². The van der Waals surface area contributed by atoms with Crippen molar-refractivity contribution in [1.29, 1.82) is 0 Å². The van der Waals surface area contributed by atoms with Crippen molar-refractivity contribution in [2.75, 3.05) is 13.7 Å². The molecule has 2 heterocycles. The molecule has 0 aliphatic carbocycles. The molecular weight excluding hydrogens is 192 g/mol. The van der Waals surface area contributed by atoms with Crippen LogP contribution >= 0.6 is 0 Å². The summed E-state index contributed by atoms with van der Waals surface area (Å²) in [6.45, 7) is 1.66. The normalized spacial score (nSPS) is 20.3. The summed E-state index contributed by atoms with van der Waals surface area (Å²) in [6.07, 6.45) is 4.10. The number of nitrogens with two attached hydrogens (primary N) is 1. The molecule has 15 heavy (non-hydrogen) atoms. The summed E-state index contributed by atoms with van der Waals surface area (Å²) >= 11 is 0. The van der Waals surface area contributed by atoms with Crippen molar-refractivity contribution in [2.24, 2.45) is 5.73 Å². The number of nitrogens with zero attached hydrogens (tertiary/aromatic N) is 3. The predicted molar refractivity (Wildman–Crippen MR) is 56.4 cm³/mol. The van der Waals surface area contributed by atoms with E-state index >= 15 is 0 Å². The summed E-state index contributed by atoms with van der Waals surface area (Å²) in [5, 5.41) is 4.46. The van der Waals surface area contributed by atoms with Crippen LogP contribution in [0.4, 0.5) is 0 Å². The highest BCUT2D eigenvalue weighted by molar-refractivity contribution is 5.00. The molecule has 5 nitrogen and oxygen atoms in total. The van der Waals surface area contributed by atoms with E-state index in [1.807, 2.05) is 4.68 Å². The van der Waals surface area contributed by atoms with Crippen LogP contribution in [0.25, 0.3) is 0 Å². The van der Waals surface area contributed by atoms with E-state index in [9.17, 15) is 0 Å². The molecule has 2 rings (SSSR count). The number of ether oxygens (including phenoxy) is 1. The van der Waals surface area contributed by atoms with Gasteiger partial charge in [-0.3, -0.25) is 0 Å². The van der Waals surface area contributed by atoms with Crippen LogP contribution < -0.4 is 5.73 Å². The molecule has 84 valence electrons. The first-order valence-electron chi connectivity index (χ1n) is 5.51. The Morgan fingerprint density at radius 3 is 3.20 bits per heavy atom. The Morgan fingerprint density at radius 2 is 2.47 bits per heavy atom. The molecule has 0 fully saturated rings. The van der Waals surface area contributed by atoms with E-state index in [4.69, 9.17) is 10.5 Å². The molecule has 0 saturated heterocycles. The lowest BCUT2D eigenvalue weighted by Crippen LogP contribution is -2.18. The van der Waals surface area contributed by atoms with Crippen LogP contribution in [-0.4, -0.2) is 28.4 Å². The summed E-state index contributed by atoms with van der Waals surface area (Å²) in [5.41, 5.74) is 5.46. The van der Waals surface area contributed by atoms with Gasteiger partial charge in [-0.15, -0.1) is 0 Å². The third-order valence-electron chi connectivity index (χ3n) is 2.76. The first kappa shape index (κ1) is 10.6. The number of hydrogen-bond donors (Lipinski definition) is 1. The zero-order chi connectivity index (χ0) is 10.7. The Morgan fingerprint density at radius 1 is 1.60 bits per heavy atom. The zero-order valence-electron chi connectivity index (χ0n) is 9.15. The second-order valence-electron chi connectivity index (χ2n) is 3.87. The van der Waals surface area contributed by atoms with Gasteiger partial charge in [-0.2, -0.15) is 5.10 Å².